The standard InChI is InChI=1S/C14H28N2O/c1-11(15)9-12-6-4-8-16(12)13-5-3-7-14(10-13)17-2/h11-14H,3-10,15H2,1-2H3. The average Bonchev–Trinajstić information content (AvgIpc) is 2.76. The van der Waals surface area contributed by atoms with Crippen LogP contribution in [0.2, 0.25) is 0 Å². The van der Waals surface area contributed by atoms with Gasteiger partial charge < -0.3 is 10.5 Å². The minimum atomic E-state index is 0.336. The third kappa shape index (κ3) is 3.43. The van der Waals surface area contributed by atoms with Gasteiger partial charge in [-0.05, 0) is 58.4 Å². The SMILES string of the molecule is COC1CCCC(N2CCCC2CC(C)N)C1. The maximum Gasteiger partial charge on any atom is 0.0586 e. The molecule has 0 spiro atoms. The van der Waals surface area contributed by atoms with Crippen LogP contribution in [0.15, 0.2) is 0 Å². The third-order valence-electron chi connectivity index (χ3n) is 4.47. The number of rotatable bonds is 4. The minimum Gasteiger partial charge on any atom is -0.381 e. The number of likely N-dealkylation sites (tertiary alicyclic amines) is 1. The Labute approximate surface area is 106 Å². The quantitative estimate of drug-likeness (QED) is 0.818. The van der Waals surface area contributed by atoms with E-state index in [1.807, 2.05) is 7.11 Å². The highest BCUT2D eigenvalue weighted by Crippen LogP contribution is 2.31. The maximum absolute atomic E-state index is 5.97. The topological polar surface area (TPSA) is 38.5 Å². The number of hydrogen-bond acceptors (Lipinski definition) is 3. The summed E-state index contributed by atoms with van der Waals surface area (Å²) in [6.45, 7) is 3.41. The van der Waals surface area contributed by atoms with Crippen LogP contribution in [0, 0.1) is 0 Å². The highest BCUT2D eigenvalue weighted by Gasteiger charge is 2.34. The van der Waals surface area contributed by atoms with Crippen molar-refractivity contribution in [3.05, 3.63) is 0 Å². The largest absolute Gasteiger partial charge is 0.381 e. The predicted molar refractivity (Wildman–Crippen MR) is 71.0 cm³/mol. The molecule has 1 aliphatic heterocycles. The fourth-order valence-electron chi connectivity index (χ4n) is 3.66. The zero-order valence-electron chi connectivity index (χ0n) is 11.4. The van der Waals surface area contributed by atoms with Crippen LogP contribution in [0.5, 0.6) is 0 Å². The normalized spacial score (nSPS) is 37.2. The number of nitrogens with two attached hydrogens (primary N) is 1. The Morgan fingerprint density at radius 3 is 2.82 bits per heavy atom. The van der Waals surface area contributed by atoms with E-state index >= 15 is 0 Å². The fraction of sp³-hybridized carbons (Fsp3) is 1.00. The molecule has 0 radical (unpaired) electrons. The van der Waals surface area contributed by atoms with Crippen LogP contribution in [0.4, 0.5) is 0 Å². The van der Waals surface area contributed by atoms with Gasteiger partial charge in [-0.2, -0.15) is 0 Å². The van der Waals surface area contributed by atoms with E-state index in [2.05, 4.69) is 11.8 Å². The first kappa shape index (κ1) is 13.3. The highest BCUT2D eigenvalue weighted by atomic mass is 16.5. The Morgan fingerprint density at radius 2 is 2.12 bits per heavy atom. The molecule has 3 heteroatoms. The van der Waals surface area contributed by atoms with E-state index in [1.54, 1.807) is 0 Å². The highest BCUT2D eigenvalue weighted by molar-refractivity contribution is 4.89. The molecule has 1 aliphatic carbocycles. The van der Waals surface area contributed by atoms with Gasteiger partial charge in [-0.15, -0.1) is 0 Å². The van der Waals surface area contributed by atoms with Gasteiger partial charge >= 0.3 is 0 Å². The van der Waals surface area contributed by atoms with Crippen LogP contribution in [-0.2, 0) is 4.74 Å². The molecule has 4 unspecified atom stereocenters. The Bertz CT molecular complexity index is 232. The molecule has 4 atom stereocenters. The van der Waals surface area contributed by atoms with Crippen LogP contribution in [0.3, 0.4) is 0 Å². The molecule has 2 N–H and O–H groups in total. The van der Waals surface area contributed by atoms with E-state index < -0.39 is 0 Å². The lowest BCUT2D eigenvalue weighted by Crippen LogP contribution is -2.44. The molecule has 0 amide bonds. The van der Waals surface area contributed by atoms with Gasteiger partial charge in [0, 0.05) is 25.2 Å². The van der Waals surface area contributed by atoms with Crippen LogP contribution >= 0.6 is 0 Å². The van der Waals surface area contributed by atoms with E-state index in [0.717, 1.165) is 18.5 Å². The molecule has 0 bridgehead atoms. The molecule has 1 heterocycles. The summed E-state index contributed by atoms with van der Waals surface area (Å²) >= 11 is 0. The molecule has 0 aromatic heterocycles. The monoisotopic (exact) mass is 240 g/mol. The number of methoxy groups -OCH3 is 1. The van der Waals surface area contributed by atoms with Gasteiger partial charge in [-0.3, -0.25) is 4.90 Å². The average molecular weight is 240 g/mol. The van der Waals surface area contributed by atoms with Crippen LogP contribution < -0.4 is 5.73 Å². The second kappa shape index (κ2) is 6.17. The second-order valence-electron chi connectivity index (χ2n) is 5.93. The molecule has 1 saturated heterocycles. The molecule has 3 nitrogen and oxygen atoms in total. The number of hydrogen-bond donors (Lipinski definition) is 1. The predicted octanol–water partition coefficient (Wildman–Crippen LogP) is 2.15. The summed E-state index contributed by atoms with van der Waals surface area (Å²) in [7, 11) is 1.86. The molecule has 2 aliphatic rings. The Morgan fingerprint density at radius 1 is 1.29 bits per heavy atom. The van der Waals surface area contributed by atoms with Gasteiger partial charge in [0.25, 0.3) is 0 Å². The zero-order valence-corrected chi connectivity index (χ0v) is 11.4. The van der Waals surface area contributed by atoms with Crippen molar-refractivity contribution < 1.29 is 4.74 Å². The van der Waals surface area contributed by atoms with Crippen molar-refractivity contribution in [3.8, 4) is 0 Å². The fourth-order valence-corrected chi connectivity index (χ4v) is 3.66. The van der Waals surface area contributed by atoms with Crippen molar-refractivity contribution in [2.75, 3.05) is 13.7 Å². The van der Waals surface area contributed by atoms with Crippen molar-refractivity contribution in [2.24, 2.45) is 5.73 Å². The van der Waals surface area contributed by atoms with E-state index in [0.29, 0.717) is 12.1 Å². The maximum atomic E-state index is 5.97. The molecule has 2 rings (SSSR count). The van der Waals surface area contributed by atoms with Crippen molar-refractivity contribution >= 4 is 0 Å². The molecular weight excluding hydrogens is 212 g/mol. The molecule has 0 aromatic carbocycles. The summed E-state index contributed by atoms with van der Waals surface area (Å²) in [5.74, 6) is 0. The molecule has 2 fully saturated rings. The molecule has 100 valence electrons. The lowest BCUT2D eigenvalue weighted by molar-refractivity contribution is 0.0228. The molecule has 17 heavy (non-hydrogen) atoms. The number of ether oxygens (including phenoxy) is 1. The Balaban J connectivity index is 1.90. The second-order valence-corrected chi connectivity index (χ2v) is 5.93. The van der Waals surface area contributed by atoms with Gasteiger partial charge in [0.1, 0.15) is 0 Å². The van der Waals surface area contributed by atoms with Crippen molar-refractivity contribution in [1.29, 1.82) is 0 Å². The summed E-state index contributed by atoms with van der Waals surface area (Å²) in [5, 5.41) is 0. The summed E-state index contributed by atoms with van der Waals surface area (Å²) < 4.78 is 5.55. The van der Waals surface area contributed by atoms with Gasteiger partial charge in [-0.1, -0.05) is 0 Å². The summed E-state index contributed by atoms with van der Waals surface area (Å²) in [5.41, 5.74) is 5.97. The van der Waals surface area contributed by atoms with Gasteiger partial charge in [0.2, 0.25) is 0 Å². The lowest BCUT2D eigenvalue weighted by atomic mass is 9.90. The van der Waals surface area contributed by atoms with E-state index in [1.165, 1.54) is 45.1 Å². The van der Waals surface area contributed by atoms with Crippen molar-refractivity contribution in [1.82, 2.24) is 4.90 Å². The summed E-state index contributed by atoms with van der Waals surface area (Å²) in [6.07, 6.45) is 9.50. The Hall–Kier alpha value is -0.120. The van der Waals surface area contributed by atoms with Gasteiger partial charge in [0.15, 0.2) is 0 Å². The van der Waals surface area contributed by atoms with E-state index in [9.17, 15) is 0 Å². The van der Waals surface area contributed by atoms with Gasteiger partial charge in [-0.25, -0.2) is 0 Å². The minimum absolute atomic E-state index is 0.336. The smallest absolute Gasteiger partial charge is 0.0586 e. The zero-order chi connectivity index (χ0) is 12.3. The first-order chi connectivity index (χ1) is 8.20. The summed E-state index contributed by atoms with van der Waals surface area (Å²) in [4.78, 5) is 2.73. The third-order valence-corrected chi connectivity index (χ3v) is 4.47. The van der Waals surface area contributed by atoms with Crippen molar-refractivity contribution in [3.63, 3.8) is 0 Å². The summed E-state index contributed by atoms with van der Waals surface area (Å²) in [6, 6.07) is 1.82. The Kier molecular flexibility index (Phi) is 4.83. The van der Waals surface area contributed by atoms with Gasteiger partial charge in [0.05, 0.1) is 6.10 Å². The molecule has 0 aromatic rings. The first-order valence-electron chi connectivity index (χ1n) is 7.24. The van der Waals surface area contributed by atoms with Crippen molar-refractivity contribution in [2.45, 2.75) is 76.1 Å². The molecule has 1 saturated carbocycles. The molecular formula is C14H28N2O. The lowest BCUT2D eigenvalue weighted by Gasteiger charge is -2.38. The van der Waals surface area contributed by atoms with Crippen LogP contribution in [0.1, 0.15) is 51.9 Å². The van der Waals surface area contributed by atoms with E-state index in [4.69, 9.17) is 10.5 Å². The van der Waals surface area contributed by atoms with E-state index in [-0.39, 0.29) is 0 Å². The van der Waals surface area contributed by atoms with Crippen LogP contribution in [0.25, 0.3) is 0 Å². The van der Waals surface area contributed by atoms with Crippen LogP contribution in [-0.4, -0.2) is 42.8 Å². The first-order valence-corrected chi connectivity index (χ1v) is 7.24. The number of nitrogens with zero attached hydrogens (tertiary/aromatic N) is 1.